The van der Waals surface area contributed by atoms with Crippen molar-refractivity contribution in [1.82, 2.24) is 0 Å². The molecule has 0 radical (unpaired) electrons. The molecule has 0 fully saturated rings. The van der Waals surface area contributed by atoms with Crippen molar-refractivity contribution >= 4 is 5.97 Å². The van der Waals surface area contributed by atoms with E-state index in [1.807, 2.05) is 6.92 Å². The maximum Gasteiger partial charge on any atom is 0.334 e. The van der Waals surface area contributed by atoms with Crippen LogP contribution in [0.4, 0.5) is 0 Å². The van der Waals surface area contributed by atoms with Gasteiger partial charge in [0.1, 0.15) is 0 Å². The molecule has 1 N–H and O–H groups in total. The molecule has 2 unspecified atom stereocenters. The second-order valence-corrected chi connectivity index (χ2v) is 3.40. The zero-order chi connectivity index (χ0) is 10.3. The van der Waals surface area contributed by atoms with E-state index in [1.165, 1.54) is 0 Å². The Labute approximate surface area is 80.1 Å². The second kappa shape index (κ2) is 6.89. The molecule has 0 bridgehead atoms. The Hall–Kier alpha value is -0.570. The van der Waals surface area contributed by atoms with E-state index in [9.17, 15) is 9.90 Å². The van der Waals surface area contributed by atoms with E-state index in [2.05, 4.69) is 6.92 Å². The van der Waals surface area contributed by atoms with E-state index in [0.717, 1.165) is 12.8 Å². The summed E-state index contributed by atoms with van der Waals surface area (Å²) in [5, 5.41) is 9.37. The number of carbonyl (C=O) groups is 1. The number of ether oxygens (including phenoxy) is 1. The molecule has 0 aliphatic carbocycles. The fourth-order valence-electron chi connectivity index (χ4n) is 1.33. The van der Waals surface area contributed by atoms with E-state index in [4.69, 9.17) is 4.74 Å². The summed E-state index contributed by atoms with van der Waals surface area (Å²) in [6, 6.07) is 0. The van der Waals surface area contributed by atoms with Crippen LogP contribution in [0.25, 0.3) is 0 Å². The highest BCUT2D eigenvalue weighted by Crippen LogP contribution is 2.13. The minimum atomic E-state index is -0.943. The first kappa shape index (κ1) is 12.4. The molecule has 2 atom stereocenters. The van der Waals surface area contributed by atoms with Gasteiger partial charge in [0.25, 0.3) is 0 Å². The molecule has 0 aliphatic rings. The molecule has 0 heterocycles. The summed E-state index contributed by atoms with van der Waals surface area (Å²) >= 11 is 0. The van der Waals surface area contributed by atoms with Gasteiger partial charge in [0.05, 0.1) is 6.61 Å². The Bertz CT molecular complexity index is 145. The van der Waals surface area contributed by atoms with Gasteiger partial charge in [-0.3, -0.25) is 0 Å². The molecule has 0 spiro atoms. The standard InChI is InChI=1S/C10H20O3/c1-4-6-8(3)7-9(11)10(12)13-5-2/h8-9,11H,4-7H2,1-3H3. The molecule has 0 saturated carbocycles. The lowest BCUT2D eigenvalue weighted by atomic mass is 9.99. The third kappa shape index (κ3) is 5.64. The summed E-state index contributed by atoms with van der Waals surface area (Å²) in [4.78, 5) is 11.0. The number of esters is 1. The van der Waals surface area contributed by atoms with Crippen molar-refractivity contribution < 1.29 is 14.6 Å². The summed E-state index contributed by atoms with van der Waals surface area (Å²) in [7, 11) is 0. The summed E-state index contributed by atoms with van der Waals surface area (Å²) in [5.74, 6) is -0.116. The summed E-state index contributed by atoms with van der Waals surface area (Å²) in [6.45, 7) is 6.19. The van der Waals surface area contributed by atoms with Gasteiger partial charge < -0.3 is 9.84 Å². The molecular formula is C10H20O3. The first-order chi connectivity index (χ1) is 6.11. The SMILES string of the molecule is CCCC(C)CC(O)C(=O)OCC. The van der Waals surface area contributed by atoms with Gasteiger partial charge in [-0.2, -0.15) is 0 Å². The van der Waals surface area contributed by atoms with E-state index in [0.29, 0.717) is 18.9 Å². The summed E-state index contributed by atoms with van der Waals surface area (Å²) < 4.78 is 4.69. The normalized spacial score (nSPS) is 15.1. The van der Waals surface area contributed by atoms with Gasteiger partial charge in [0.2, 0.25) is 0 Å². The Kier molecular flexibility index (Phi) is 6.59. The molecule has 78 valence electrons. The average Bonchev–Trinajstić information content (AvgIpc) is 2.05. The molecule has 0 aromatic heterocycles. The van der Waals surface area contributed by atoms with Crippen LogP contribution in [0.15, 0.2) is 0 Å². The molecule has 0 saturated heterocycles. The van der Waals surface area contributed by atoms with Gasteiger partial charge in [-0.25, -0.2) is 4.79 Å². The lowest BCUT2D eigenvalue weighted by molar-refractivity contribution is -0.153. The highest BCUT2D eigenvalue weighted by atomic mass is 16.5. The Morgan fingerprint density at radius 2 is 2.08 bits per heavy atom. The van der Waals surface area contributed by atoms with E-state index in [-0.39, 0.29) is 0 Å². The molecule has 3 heteroatoms. The van der Waals surface area contributed by atoms with Gasteiger partial charge in [0, 0.05) is 0 Å². The Morgan fingerprint density at radius 3 is 2.54 bits per heavy atom. The van der Waals surface area contributed by atoms with Gasteiger partial charge >= 0.3 is 5.97 Å². The average molecular weight is 188 g/mol. The van der Waals surface area contributed by atoms with Crippen LogP contribution in [0.3, 0.4) is 0 Å². The highest BCUT2D eigenvalue weighted by Gasteiger charge is 2.18. The van der Waals surface area contributed by atoms with Gasteiger partial charge in [-0.05, 0) is 19.3 Å². The van der Waals surface area contributed by atoms with Crippen molar-refractivity contribution in [2.75, 3.05) is 6.61 Å². The van der Waals surface area contributed by atoms with Crippen molar-refractivity contribution in [2.45, 2.75) is 46.1 Å². The number of aliphatic hydroxyl groups excluding tert-OH is 1. The number of aliphatic hydroxyl groups is 1. The lowest BCUT2D eigenvalue weighted by Crippen LogP contribution is -2.25. The van der Waals surface area contributed by atoms with Crippen LogP contribution in [0.1, 0.15) is 40.0 Å². The maximum atomic E-state index is 11.0. The van der Waals surface area contributed by atoms with Crippen molar-refractivity contribution in [3.8, 4) is 0 Å². The lowest BCUT2D eigenvalue weighted by Gasteiger charge is -2.14. The molecule has 13 heavy (non-hydrogen) atoms. The monoisotopic (exact) mass is 188 g/mol. The van der Waals surface area contributed by atoms with Crippen molar-refractivity contribution in [3.63, 3.8) is 0 Å². The van der Waals surface area contributed by atoms with Gasteiger partial charge in [0.15, 0.2) is 6.10 Å². The largest absolute Gasteiger partial charge is 0.464 e. The molecule has 3 nitrogen and oxygen atoms in total. The topological polar surface area (TPSA) is 46.5 Å². The summed E-state index contributed by atoms with van der Waals surface area (Å²) in [5.41, 5.74) is 0. The first-order valence-corrected chi connectivity index (χ1v) is 4.96. The fourth-order valence-corrected chi connectivity index (χ4v) is 1.33. The molecule has 0 aromatic rings. The van der Waals surface area contributed by atoms with Crippen LogP contribution in [0.2, 0.25) is 0 Å². The van der Waals surface area contributed by atoms with Crippen LogP contribution in [-0.2, 0) is 9.53 Å². The van der Waals surface area contributed by atoms with Crippen LogP contribution >= 0.6 is 0 Å². The Morgan fingerprint density at radius 1 is 1.46 bits per heavy atom. The molecule has 0 amide bonds. The fraction of sp³-hybridized carbons (Fsp3) is 0.900. The van der Waals surface area contributed by atoms with Crippen LogP contribution in [-0.4, -0.2) is 23.8 Å². The smallest absolute Gasteiger partial charge is 0.334 e. The number of hydrogen-bond acceptors (Lipinski definition) is 3. The predicted molar refractivity (Wildman–Crippen MR) is 51.3 cm³/mol. The zero-order valence-electron chi connectivity index (χ0n) is 8.75. The third-order valence-electron chi connectivity index (χ3n) is 1.97. The van der Waals surface area contributed by atoms with Gasteiger partial charge in [-0.1, -0.05) is 26.7 Å². The number of rotatable bonds is 6. The highest BCUT2D eigenvalue weighted by molar-refractivity contribution is 5.74. The number of hydrogen-bond donors (Lipinski definition) is 1. The third-order valence-corrected chi connectivity index (χ3v) is 1.97. The summed E-state index contributed by atoms with van der Waals surface area (Å²) in [6.07, 6.45) is 1.68. The minimum absolute atomic E-state index is 0.331. The minimum Gasteiger partial charge on any atom is -0.464 e. The van der Waals surface area contributed by atoms with Crippen LogP contribution in [0.5, 0.6) is 0 Å². The van der Waals surface area contributed by atoms with Crippen molar-refractivity contribution in [2.24, 2.45) is 5.92 Å². The second-order valence-electron chi connectivity index (χ2n) is 3.40. The van der Waals surface area contributed by atoms with Crippen LogP contribution in [0, 0.1) is 5.92 Å². The molecule has 0 rings (SSSR count). The Balaban J connectivity index is 3.71. The first-order valence-electron chi connectivity index (χ1n) is 4.96. The zero-order valence-corrected chi connectivity index (χ0v) is 8.75. The maximum absolute atomic E-state index is 11.0. The quantitative estimate of drug-likeness (QED) is 0.646. The molecular weight excluding hydrogens is 168 g/mol. The number of carbonyl (C=O) groups excluding carboxylic acids is 1. The van der Waals surface area contributed by atoms with Crippen molar-refractivity contribution in [3.05, 3.63) is 0 Å². The molecule has 0 aliphatic heterocycles. The van der Waals surface area contributed by atoms with E-state index in [1.54, 1.807) is 6.92 Å². The molecule has 0 aromatic carbocycles. The van der Waals surface area contributed by atoms with Gasteiger partial charge in [-0.15, -0.1) is 0 Å². The predicted octanol–water partition coefficient (Wildman–Crippen LogP) is 1.74. The van der Waals surface area contributed by atoms with E-state index >= 15 is 0 Å². The van der Waals surface area contributed by atoms with E-state index < -0.39 is 12.1 Å². The van der Waals surface area contributed by atoms with Crippen molar-refractivity contribution in [1.29, 1.82) is 0 Å². The van der Waals surface area contributed by atoms with Crippen LogP contribution < -0.4 is 0 Å².